The molecule has 0 saturated heterocycles. The minimum Gasteiger partial charge on any atom is -0.488 e. The number of aldehydes is 1. The smallest absolute Gasteiger partial charge is 0.150 e. The lowest BCUT2D eigenvalue weighted by molar-refractivity contribution is 0.000946. The van der Waals surface area contributed by atoms with Crippen molar-refractivity contribution in [2.45, 2.75) is 31.3 Å². The normalized spacial score (nSPS) is 17.7. The van der Waals surface area contributed by atoms with Gasteiger partial charge in [-0.3, -0.25) is 4.79 Å². The average molecular weight is 378 g/mol. The molecular formula is C13H14Br2O3. The van der Waals surface area contributed by atoms with E-state index in [9.17, 15) is 9.90 Å². The number of carbonyl (C=O) groups is 1. The Balaban J connectivity index is 2.11. The van der Waals surface area contributed by atoms with Gasteiger partial charge in [0.25, 0.3) is 0 Å². The summed E-state index contributed by atoms with van der Waals surface area (Å²) >= 11 is 6.74. The maximum absolute atomic E-state index is 10.7. The van der Waals surface area contributed by atoms with Gasteiger partial charge < -0.3 is 9.84 Å². The Morgan fingerprint density at radius 2 is 1.83 bits per heavy atom. The Morgan fingerprint density at radius 1 is 1.28 bits per heavy atom. The van der Waals surface area contributed by atoms with E-state index in [0.29, 0.717) is 20.3 Å². The monoisotopic (exact) mass is 376 g/mol. The summed E-state index contributed by atoms with van der Waals surface area (Å²) < 4.78 is 7.11. The molecule has 0 unspecified atom stereocenters. The van der Waals surface area contributed by atoms with Crippen molar-refractivity contribution < 1.29 is 14.6 Å². The summed E-state index contributed by atoms with van der Waals surface area (Å²) in [7, 11) is 0. The van der Waals surface area contributed by atoms with Gasteiger partial charge in [0.05, 0.1) is 14.5 Å². The lowest BCUT2D eigenvalue weighted by Gasteiger charge is -2.23. The van der Waals surface area contributed by atoms with E-state index in [-0.39, 0.29) is 6.61 Å². The zero-order chi connectivity index (χ0) is 13.2. The fourth-order valence-electron chi connectivity index (χ4n) is 2.17. The number of hydrogen-bond donors (Lipinski definition) is 1. The highest BCUT2D eigenvalue weighted by Crippen LogP contribution is 2.36. The van der Waals surface area contributed by atoms with Gasteiger partial charge in [0.2, 0.25) is 0 Å². The van der Waals surface area contributed by atoms with Crippen LogP contribution in [0.1, 0.15) is 36.0 Å². The third kappa shape index (κ3) is 3.13. The molecule has 1 saturated carbocycles. The summed E-state index contributed by atoms with van der Waals surface area (Å²) in [6.07, 6.45) is 4.45. The second-order valence-corrected chi connectivity index (χ2v) is 6.36. The van der Waals surface area contributed by atoms with Crippen LogP contribution in [-0.4, -0.2) is 23.6 Å². The Labute approximate surface area is 123 Å². The molecule has 1 aliphatic carbocycles. The zero-order valence-corrected chi connectivity index (χ0v) is 13.0. The van der Waals surface area contributed by atoms with Crippen molar-refractivity contribution in [3.05, 3.63) is 26.6 Å². The number of halogens is 2. The fourth-order valence-corrected chi connectivity index (χ4v) is 3.62. The molecule has 0 bridgehead atoms. The van der Waals surface area contributed by atoms with Gasteiger partial charge >= 0.3 is 0 Å². The molecule has 2 rings (SSSR count). The molecule has 1 N–H and O–H groups in total. The van der Waals surface area contributed by atoms with Crippen LogP contribution in [0.5, 0.6) is 5.75 Å². The SMILES string of the molecule is O=Cc1cc(Br)c(OCC2(O)CCCC2)c(Br)c1. The summed E-state index contributed by atoms with van der Waals surface area (Å²) in [4.78, 5) is 10.7. The van der Waals surface area contributed by atoms with Crippen LogP contribution in [0, 0.1) is 0 Å². The van der Waals surface area contributed by atoms with Gasteiger partial charge in [-0.05, 0) is 56.8 Å². The Morgan fingerprint density at radius 3 is 2.33 bits per heavy atom. The molecule has 0 amide bonds. The lowest BCUT2D eigenvalue weighted by Crippen LogP contribution is -2.32. The summed E-state index contributed by atoms with van der Waals surface area (Å²) in [6, 6.07) is 3.40. The Kier molecular flexibility index (Phi) is 4.45. The highest BCUT2D eigenvalue weighted by atomic mass is 79.9. The maximum atomic E-state index is 10.7. The first-order valence-electron chi connectivity index (χ1n) is 5.83. The number of hydrogen-bond acceptors (Lipinski definition) is 3. The Hall–Kier alpha value is -0.390. The third-order valence-electron chi connectivity index (χ3n) is 3.18. The number of rotatable bonds is 4. The van der Waals surface area contributed by atoms with Crippen molar-refractivity contribution in [3.63, 3.8) is 0 Å². The van der Waals surface area contributed by atoms with Crippen LogP contribution in [0.25, 0.3) is 0 Å². The molecule has 0 spiro atoms. The molecule has 0 aromatic heterocycles. The lowest BCUT2D eigenvalue weighted by atomic mass is 10.0. The van der Waals surface area contributed by atoms with Crippen LogP contribution in [-0.2, 0) is 0 Å². The summed E-state index contributed by atoms with van der Waals surface area (Å²) in [5.41, 5.74) is -0.136. The number of ether oxygens (including phenoxy) is 1. The van der Waals surface area contributed by atoms with E-state index >= 15 is 0 Å². The standard InChI is InChI=1S/C13H14Br2O3/c14-10-5-9(7-16)6-11(15)12(10)18-8-13(17)3-1-2-4-13/h5-7,17H,1-4,8H2. The topological polar surface area (TPSA) is 46.5 Å². The first kappa shape index (κ1) is 14.0. The second-order valence-electron chi connectivity index (χ2n) is 4.65. The quantitative estimate of drug-likeness (QED) is 0.813. The zero-order valence-electron chi connectivity index (χ0n) is 9.79. The molecule has 0 atom stereocenters. The first-order chi connectivity index (χ1) is 8.54. The molecular weight excluding hydrogens is 364 g/mol. The van der Waals surface area contributed by atoms with Crippen LogP contribution >= 0.6 is 31.9 Å². The van der Waals surface area contributed by atoms with Crippen molar-refractivity contribution in [1.82, 2.24) is 0 Å². The van der Waals surface area contributed by atoms with Crippen molar-refractivity contribution >= 4 is 38.1 Å². The minimum absolute atomic E-state index is 0.282. The summed E-state index contributed by atoms with van der Waals surface area (Å²) in [6.45, 7) is 0.282. The van der Waals surface area contributed by atoms with E-state index in [0.717, 1.165) is 32.0 Å². The minimum atomic E-state index is -0.706. The van der Waals surface area contributed by atoms with Gasteiger partial charge in [-0.2, -0.15) is 0 Å². The van der Waals surface area contributed by atoms with Gasteiger partial charge in [-0.25, -0.2) is 0 Å². The summed E-state index contributed by atoms with van der Waals surface area (Å²) in [5, 5.41) is 10.2. The average Bonchev–Trinajstić information content (AvgIpc) is 2.75. The van der Waals surface area contributed by atoms with Crippen LogP contribution in [0.3, 0.4) is 0 Å². The van der Waals surface area contributed by atoms with Crippen LogP contribution in [0.2, 0.25) is 0 Å². The number of carbonyl (C=O) groups excluding carboxylic acids is 1. The molecule has 18 heavy (non-hydrogen) atoms. The summed E-state index contributed by atoms with van der Waals surface area (Å²) in [5.74, 6) is 0.626. The number of benzene rings is 1. The van der Waals surface area contributed by atoms with Crippen LogP contribution in [0.15, 0.2) is 21.1 Å². The van der Waals surface area contributed by atoms with E-state index < -0.39 is 5.60 Å². The molecule has 3 nitrogen and oxygen atoms in total. The van der Waals surface area contributed by atoms with E-state index in [1.165, 1.54) is 0 Å². The first-order valence-corrected chi connectivity index (χ1v) is 7.42. The highest BCUT2D eigenvalue weighted by molar-refractivity contribution is 9.11. The van der Waals surface area contributed by atoms with E-state index in [2.05, 4.69) is 31.9 Å². The molecule has 98 valence electrons. The number of aliphatic hydroxyl groups is 1. The molecule has 1 aliphatic rings. The fraction of sp³-hybridized carbons (Fsp3) is 0.462. The molecule has 0 radical (unpaired) electrons. The maximum Gasteiger partial charge on any atom is 0.150 e. The predicted octanol–water partition coefficient (Wildman–Crippen LogP) is 3.71. The molecule has 1 fully saturated rings. The Bertz CT molecular complexity index is 431. The largest absolute Gasteiger partial charge is 0.488 e. The van der Waals surface area contributed by atoms with Crippen LogP contribution in [0.4, 0.5) is 0 Å². The van der Waals surface area contributed by atoms with Gasteiger partial charge in [0.15, 0.2) is 0 Å². The van der Waals surface area contributed by atoms with Gasteiger partial charge in [0.1, 0.15) is 18.6 Å². The van der Waals surface area contributed by atoms with Gasteiger partial charge in [-0.15, -0.1) is 0 Å². The van der Waals surface area contributed by atoms with Gasteiger partial charge in [-0.1, -0.05) is 12.8 Å². The van der Waals surface area contributed by atoms with Crippen molar-refractivity contribution in [2.24, 2.45) is 0 Å². The van der Waals surface area contributed by atoms with Crippen LogP contribution < -0.4 is 4.74 Å². The molecule has 1 aromatic rings. The predicted molar refractivity (Wildman–Crippen MR) is 76.1 cm³/mol. The molecule has 0 aliphatic heterocycles. The molecule has 5 heteroatoms. The second kappa shape index (κ2) is 5.72. The molecule has 1 aromatic carbocycles. The third-order valence-corrected chi connectivity index (χ3v) is 4.35. The van der Waals surface area contributed by atoms with Gasteiger partial charge in [0, 0.05) is 5.56 Å². The van der Waals surface area contributed by atoms with E-state index in [1.54, 1.807) is 12.1 Å². The van der Waals surface area contributed by atoms with E-state index in [1.807, 2.05) is 0 Å². The van der Waals surface area contributed by atoms with Crippen molar-refractivity contribution in [1.29, 1.82) is 0 Å². The van der Waals surface area contributed by atoms with E-state index in [4.69, 9.17) is 4.74 Å². The highest BCUT2D eigenvalue weighted by Gasteiger charge is 2.32. The van der Waals surface area contributed by atoms with Crippen molar-refractivity contribution in [2.75, 3.05) is 6.61 Å². The van der Waals surface area contributed by atoms with Crippen molar-refractivity contribution in [3.8, 4) is 5.75 Å². The molecule has 0 heterocycles.